The summed E-state index contributed by atoms with van der Waals surface area (Å²) in [6.45, 7) is 0. The smallest absolute Gasteiger partial charge is 0.289 e. The average molecular weight is 446 g/mol. The van der Waals surface area contributed by atoms with Gasteiger partial charge in [-0.3, -0.25) is 14.9 Å². The predicted molar refractivity (Wildman–Crippen MR) is 99.9 cm³/mol. The van der Waals surface area contributed by atoms with E-state index in [-0.39, 0.29) is 27.7 Å². The molecule has 0 heterocycles. The molecule has 1 N–H and O–H groups in total. The molecule has 2 rings (SSSR count). The van der Waals surface area contributed by atoms with Crippen LogP contribution >= 0.6 is 27.5 Å². The molecule has 8 nitrogen and oxygen atoms in total. The van der Waals surface area contributed by atoms with Crippen molar-refractivity contribution in [3.8, 4) is 17.2 Å². The number of carbonyl (C=O) groups excluding carboxylic acids is 1. The van der Waals surface area contributed by atoms with Crippen molar-refractivity contribution >= 4 is 44.8 Å². The topological polar surface area (TPSA) is 99.9 Å². The largest absolute Gasteiger partial charge is 0.493 e. The standard InChI is InChI=1S/C16H14BrClN2O6/c1-24-12-7-9(13(17)15(26-3)14(12)25-2)16(21)19-8-4-5-10(18)11(6-8)20(22)23/h4-7H,1-3H3,(H,19,21). The molecule has 1 amide bonds. The van der Waals surface area contributed by atoms with Gasteiger partial charge in [-0.2, -0.15) is 0 Å². The number of amides is 1. The Morgan fingerprint density at radius 3 is 2.35 bits per heavy atom. The highest BCUT2D eigenvalue weighted by Gasteiger charge is 2.23. The highest BCUT2D eigenvalue weighted by Crippen LogP contribution is 2.44. The number of hydrogen-bond acceptors (Lipinski definition) is 6. The molecule has 0 saturated heterocycles. The number of nitro benzene ring substituents is 1. The molecule has 0 saturated carbocycles. The fraction of sp³-hybridized carbons (Fsp3) is 0.188. The predicted octanol–water partition coefficient (Wildman–Crippen LogP) is 4.29. The van der Waals surface area contributed by atoms with E-state index < -0.39 is 10.8 Å². The Morgan fingerprint density at radius 1 is 1.15 bits per heavy atom. The number of anilines is 1. The zero-order valence-electron chi connectivity index (χ0n) is 14.0. The summed E-state index contributed by atoms with van der Waals surface area (Å²) in [5.74, 6) is 0.354. The van der Waals surface area contributed by atoms with Gasteiger partial charge in [-0.25, -0.2) is 0 Å². The van der Waals surface area contributed by atoms with Crippen LogP contribution in [0.2, 0.25) is 5.02 Å². The minimum absolute atomic E-state index is 0.0260. The first-order valence-electron chi connectivity index (χ1n) is 7.07. The monoisotopic (exact) mass is 444 g/mol. The van der Waals surface area contributed by atoms with Crippen LogP contribution in [-0.2, 0) is 0 Å². The van der Waals surface area contributed by atoms with E-state index in [4.69, 9.17) is 25.8 Å². The first-order chi connectivity index (χ1) is 12.3. The van der Waals surface area contributed by atoms with Crippen LogP contribution in [0.4, 0.5) is 11.4 Å². The van der Waals surface area contributed by atoms with Gasteiger partial charge in [0.05, 0.1) is 36.3 Å². The summed E-state index contributed by atoms with van der Waals surface area (Å²) in [5, 5.41) is 13.5. The fourth-order valence-electron chi connectivity index (χ4n) is 2.22. The number of carbonyl (C=O) groups is 1. The summed E-state index contributed by atoms with van der Waals surface area (Å²) in [6, 6.07) is 5.43. The van der Waals surface area contributed by atoms with Crippen LogP contribution in [0.25, 0.3) is 0 Å². The lowest BCUT2D eigenvalue weighted by molar-refractivity contribution is -0.384. The number of hydrogen-bond donors (Lipinski definition) is 1. The number of rotatable bonds is 6. The molecular weight excluding hydrogens is 432 g/mol. The molecular formula is C16H14BrClN2O6. The van der Waals surface area contributed by atoms with Crippen molar-refractivity contribution in [2.24, 2.45) is 0 Å². The van der Waals surface area contributed by atoms with Gasteiger partial charge in [-0.15, -0.1) is 0 Å². The maximum absolute atomic E-state index is 12.6. The molecule has 0 bridgehead atoms. The van der Waals surface area contributed by atoms with Gasteiger partial charge < -0.3 is 19.5 Å². The van der Waals surface area contributed by atoms with E-state index in [0.717, 1.165) is 0 Å². The van der Waals surface area contributed by atoms with Gasteiger partial charge in [-0.1, -0.05) is 11.6 Å². The molecule has 0 aliphatic heterocycles. The van der Waals surface area contributed by atoms with Crippen molar-refractivity contribution in [3.63, 3.8) is 0 Å². The third-order valence-corrected chi connectivity index (χ3v) is 4.52. The normalized spacial score (nSPS) is 10.2. The number of benzene rings is 2. The maximum Gasteiger partial charge on any atom is 0.289 e. The van der Waals surface area contributed by atoms with Gasteiger partial charge in [-0.05, 0) is 34.1 Å². The lowest BCUT2D eigenvalue weighted by Crippen LogP contribution is -2.14. The van der Waals surface area contributed by atoms with E-state index in [1.165, 1.54) is 45.6 Å². The third kappa shape index (κ3) is 3.83. The highest BCUT2D eigenvalue weighted by molar-refractivity contribution is 9.10. The van der Waals surface area contributed by atoms with Gasteiger partial charge >= 0.3 is 0 Å². The van der Waals surface area contributed by atoms with Crippen LogP contribution in [0.3, 0.4) is 0 Å². The summed E-state index contributed by atoms with van der Waals surface area (Å²) in [4.78, 5) is 23.0. The van der Waals surface area contributed by atoms with Crippen LogP contribution in [0.5, 0.6) is 17.2 Å². The Balaban J connectivity index is 2.44. The van der Waals surface area contributed by atoms with Crippen LogP contribution < -0.4 is 19.5 Å². The molecule has 0 aliphatic rings. The van der Waals surface area contributed by atoms with Gasteiger partial charge in [0.25, 0.3) is 11.6 Å². The van der Waals surface area contributed by atoms with E-state index in [2.05, 4.69) is 21.2 Å². The second-order valence-electron chi connectivity index (χ2n) is 4.88. The van der Waals surface area contributed by atoms with Crippen molar-refractivity contribution in [2.45, 2.75) is 0 Å². The SMILES string of the molecule is COc1cc(C(=O)Nc2ccc(Cl)c([N+](=O)[O-])c2)c(Br)c(OC)c1OC. The Morgan fingerprint density at radius 2 is 1.81 bits per heavy atom. The second kappa shape index (κ2) is 8.24. The van der Waals surface area contributed by atoms with Gasteiger partial charge in [0, 0.05) is 11.8 Å². The molecule has 2 aromatic carbocycles. The molecule has 0 radical (unpaired) electrons. The average Bonchev–Trinajstić information content (AvgIpc) is 2.62. The van der Waals surface area contributed by atoms with Gasteiger partial charge in [0.15, 0.2) is 11.5 Å². The number of nitrogens with one attached hydrogen (secondary N) is 1. The molecule has 0 aliphatic carbocycles. The van der Waals surface area contributed by atoms with Crippen molar-refractivity contribution < 1.29 is 23.9 Å². The minimum Gasteiger partial charge on any atom is -0.493 e. The Bertz CT molecular complexity index is 874. The highest BCUT2D eigenvalue weighted by atomic mass is 79.9. The molecule has 10 heteroatoms. The molecule has 0 aromatic heterocycles. The van der Waals surface area contributed by atoms with E-state index in [0.29, 0.717) is 16.0 Å². The first-order valence-corrected chi connectivity index (χ1v) is 8.24. The minimum atomic E-state index is -0.632. The molecule has 2 aromatic rings. The van der Waals surface area contributed by atoms with E-state index in [1.54, 1.807) is 0 Å². The molecule has 0 fully saturated rings. The zero-order chi connectivity index (χ0) is 19.4. The summed E-state index contributed by atoms with van der Waals surface area (Å²) in [6.07, 6.45) is 0. The number of nitro groups is 1. The quantitative estimate of drug-likeness (QED) is 0.526. The lowest BCUT2D eigenvalue weighted by Gasteiger charge is -2.16. The summed E-state index contributed by atoms with van der Waals surface area (Å²) in [5.41, 5.74) is 0.0947. The van der Waals surface area contributed by atoms with E-state index in [1.807, 2.05) is 0 Å². The number of nitrogens with zero attached hydrogens (tertiary/aromatic N) is 1. The van der Waals surface area contributed by atoms with Crippen molar-refractivity contribution in [1.82, 2.24) is 0 Å². The number of halogens is 2. The van der Waals surface area contributed by atoms with Gasteiger partial charge in [0.1, 0.15) is 5.02 Å². The lowest BCUT2D eigenvalue weighted by atomic mass is 10.1. The first kappa shape index (κ1) is 19.8. The summed E-state index contributed by atoms with van der Waals surface area (Å²) >= 11 is 9.08. The Kier molecular flexibility index (Phi) is 6.27. The molecule has 0 atom stereocenters. The molecule has 0 unspecified atom stereocenters. The zero-order valence-corrected chi connectivity index (χ0v) is 16.3. The number of ether oxygens (including phenoxy) is 3. The Labute approximate surface area is 162 Å². The van der Waals surface area contributed by atoms with Crippen molar-refractivity contribution in [3.05, 3.63) is 49.4 Å². The third-order valence-electron chi connectivity index (χ3n) is 3.41. The summed E-state index contributed by atoms with van der Waals surface area (Å²) < 4.78 is 16.1. The van der Waals surface area contributed by atoms with Crippen molar-refractivity contribution in [1.29, 1.82) is 0 Å². The second-order valence-corrected chi connectivity index (χ2v) is 6.08. The van der Waals surface area contributed by atoms with Crippen molar-refractivity contribution in [2.75, 3.05) is 26.6 Å². The number of methoxy groups -OCH3 is 3. The van der Waals surface area contributed by atoms with E-state index in [9.17, 15) is 14.9 Å². The van der Waals surface area contributed by atoms with E-state index >= 15 is 0 Å². The van der Waals surface area contributed by atoms with Crippen LogP contribution in [-0.4, -0.2) is 32.2 Å². The summed E-state index contributed by atoms with van der Waals surface area (Å²) in [7, 11) is 4.29. The molecule has 26 heavy (non-hydrogen) atoms. The molecule has 138 valence electrons. The fourth-order valence-corrected chi connectivity index (χ4v) is 3.04. The van der Waals surface area contributed by atoms with Crippen LogP contribution in [0, 0.1) is 10.1 Å². The Hall–Kier alpha value is -2.52. The van der Waals surface area contributed by atoms with Crippen LogP contribution in [0.1, 0.15) is 10.4 Å². The maximum atomic E-state index is 12.6. The van der Waals surface area contributed by atoms with Gasteiger partial charge in [0.2, 0.25) is 5.75 Å². The molecule has 0 spiro atoms. The van der Waals surface area contributed by atoms with Crippen LogP contribution in [0.15, 0.2) is 28.7 Å².